The standard InChI is InChI=1S/2C6H4F2O.2C5H5.Zr/c2*7-4-2-1-3-5(9)6(4)8;2*1-2-4-5-3-1;/h2*1-3,9H;2*1-3H,4H2;/q;;;;+2/p-2. The quantitative estimate of drug-likeness (QED) is 0.448. The first-order chi connectivity index (χ1) is 14.0. The molecule has 0 unspecified atom stereocenters. The Kier molecular flexibility index (Phi) is 5.59. The van der Waals surface area contributed by atoms with Gasteiger partial charge in [0.15, 0.2) is 0 Å². The van der Waals surface area contributed by atoms with Crippen LogP contribution in [-0.2, 0) is 21.1 Å². The van der Waals surface area contributed by atoms with Crippen molar-refractivity contribution in [1.29, 1.82) is 0 Å². The zero-order chi connectivity index (χ0) is 20.4. The Hall–Kier alpha value is -2.40. The molecule has 0 spiro atoms. The summed E-state index contributed by atoms with van der Waals surface area (Å²) in [5, 5.41) is 0. The van der Waals surface area contributed by atoms with Crippen LogP contribution in [0.4, 0.5) is 17.6 Å². The van der Waals surface area contributed by atoms with Crippen molar-refractivity contribution in [1.82, 2.24) is 0 Å². The van der Waals surface area contributed by atoms with E-state index in [-0.39, 0.29) is 11.5 Å². The number of hydrogen-bond donors (Lipinski definition) is 0. The third-order valence-corrected chi connectivity index (χ3v) is 13.2. The molecular formula is C22H16F4O2Zr. The predicted octanol–water partition coefficient (Wildman–Crippen LogP) is 6.37. The van der Waals surface area contributed by atoms with Gasteiger partial charge in [0, 0.05) is 0 Å². The molecule has 0 atom stereocenters. The van der Waals surface area contributed by atoms with Crippen LogP contribution in [0.25, 0.3) is 0 Å². The van der Waals surface area contributed by atoms with E-state index in [1.807, 2.05) is 12.2 Å². The molecule has 2 aliphatic carbocycles. The normalized spacial score (nSPS) is 15.4. The van der Waals surface area contributed by atoms with Gasteiger partial charge < -0.3 is 0 Å². The average molecular weight is 480 g/mol. The summed E-state index contributed by atoms with van der Waals surface area (Å²) < 4.78 is 70.4. The van der Waals surface area contributed by atoms with E-state index in [0.29, 0.717) is 12.8 Å². The van der Waals surface area contributed by atoms with Gasteiger partial charge in [-0.2, -0.15) is 0 Å². The Bertz CT molecular complexity index is 987. The molecule has 2 nitrogen and oxygen atoms in total. The predicted molar refractivity (Wildman–Crippen MR) is 97.7 cm³/mol. The SMILES string of the molecule is Fc1cccc([O][Zr]([O]c2cccc(F)c2F)([C]2=CC=CC2)[C]2=CC=CC2)c1F. The fourth-order valence-electron chi connectivity index (χ4n) is 3.31. The van der Waals surface area contributed by atoms with Crippen LogP contribution in [0.5, 0.6) is 11.5 Å². The molecule has 0 aromatic heterocycles. The number of benzene rings is 2. The number of halogens is 4. The van der Waals surface area contributed by atoms with Gasteiger partial charge in [-0.25, -0.2) is 0 Å². The zero-order valence-electron chi connectivity index (χ0n) is 15.2. The van der Waals surface area contributed by atoms with E-state index in [9.17, 15) is 17.6 Å². The minimum absolute atomic E-state index is 0.307. The first-order valence-electron chi connectivity index (χ1n) is 8.99. The van der Waals surface area contributed by atoms with Crippen molar-refractivity contribution in [2.24, 2.45) is 0 Å². The summed E-state index contributed by atoms with van der Waals surface area (Å²) in [6.45, 7) is 0. The minimum atomic E-state index is -4.74. The van der Waals surface area contributed by atoms with Gasteiger partial charge in [0.05, 0.1) is 0 Å². The molecule has 7 heteroatoms. The fraction of sp³-hybridized carbons (Fsp3) is 0.0909. The van der Waals surface area contributed by atoms with Crippen molar-refractivity contribution in [3.05, 3.63) is 103 Å². The van der Waals surface area contributed by atoms with E-state index in [0.717, 1.165) is 18.7 Å². The van der Waals surface area contributed by atoms with E-state index in [1.165, 1.54) is 24.3 Å². The molecule has 0 N–H and O–H groups in total. The van der Waals surface area contributed by atoms with E-state index >= 15 is 0 Å². The van der Waals surface area contributed by atoms with Crippen LogP contribution in [0.15, 0.2) is 79.4 Å². The molecule has 0 heterocycles. The van der Waals surface area contributed by atoms with E-state index in [4.69, 9.17) is 5.63 Å². The molecule has 148 valence electrons. The second kappa shape index (κ2) is 8.15. The summed E-state index contributed by atoms with van der Waals surface area (Å²) in [6.07, 6.45) is 11.9. The van der Waals surface area contributed by atoms with Crippen LogP contribution in [-0.4, -0.2) is 0 Å². The molecule has 2 aromatic rings. The van der Waals surface area contributed by atoms with E-state index in [2.05, 4.69) is 0 Å². The Balaban J connectivity index is 1.86. The molecule has 0 saturated heterocycles. The second-order valence-electron chi connectivity index (χ2n) is 6.57. The summed E-state index contributed by atoms with van der Waals surface area (Å²) in [4.78, 5) is 0. The third kappa shape index (κ3) is 3.76. The molecule has 0 amide bonds. The van der Waals surface area contributed by atoms with Gasteiger partial charge in [0.2, 0.25) is 0 Å². The van der Waals surface area contributed by atoms with Gasteiger partial charge in [-0.3, -0.25) is 0 Å². The van der Waals surface area contributed by atoms with E-state index < -0.39 is 44.4 Å². The van der Waals surface area contributed by atoms with Crippen molar-refractivity contribution < 1.29 is 44.3 Å². The van der Waals surface area contributed by atoms with Crippen LogP contribution in [0.1, 0.15) is 12.8 Å². The number of hydrogen-bond acceptors (Lipinski definition) is 2. The topological polar surface area (TPSA) is 18.5 Å². The zero-order valence-corrected chi connectivity index (χ0v) is 17.6. The Morgan fingerprint density at radius 3 is 1.48 bits per heavy atom. The summed E-state index contributed by atoms with van der Waals surface area (Å²) in [7, 11) is 0. The van der Waals surface area contributed by atoms with Gasteiger partial charge in [-0.05, 0) is 0 Å². The van der Waals surface area contributed by atoms with Crippen molar-refractivity contribution >= 4 is 0 Å². The molecule has 29 heavy (non-hydrogen) atoms. The van der Waals surface area contributed by atoms with Crippen molar-refractivity contribution in [2.75, 3.05) is 0 Å². The van der Waals surface area contributed by atoms with Crippen LogP contribution in [0, 0.1) is 23.3 Å². The van der Waals surface area contributed by atoms with Crippen molar-refractivity contribution in [3.8, 4) is 11.5 Å². The molecule has 2 aliphatic rings. The molecule has 0 fully saturated rings. The molecule has 4 rings (SSSR count). The van der Waals surface area contributed by atoms with Crippen molar-refractivity contribution in [2.45, 2.75) is 12.8 Å². The maximum absolute atomic E-state index is 14.5. The molecular weight excluding hydrogens is 463 g/mol. The first-order valence-corrected chi connectivity index (χ1v) is 13.5. The monoisotopic (exact) mass is 478 g/mol. The van der Waals surface area contributed by atoms with E-state index in [1.54, 1.807) is 24.3 Å². The van der Waals surface area contributed by atoms with Gasteiger partial charge >= 0.3 is 171 Å². The Morgan fingerprint density at radius 2 is 1.10 bits per heavy atom. The Labute approximate surface area is 171 Å². The fourth-order valence-corrected chi connectivity index (χ4v) is 11.5. The molecule has 2 aromatic carbocycles. The van der Waals surface area contributed by atoms with Gasteiger partial charge in [0.1, 0.15) is 0 Å². The van der Waals surface area contributed by atoms with Crippen molar-refractivity contribution in [3.63, 3.8) is 0 Å². The molecule has 0 aliphatic heterocycles. The third-order valence-electron chi connectivity index (χ3n) is 4.73. The van der Waals surface area contributed by atoms with Gasteiger partial charge in [-0.15, -0.1) is 0 Å². The Morgan fingerprint density at radius 1 is 0.655 bits per heavy atom. The summed E-state index contributed by atoms with van der Waals surface area (Å²) in [5.41, 5.74) is 0. The van der Waals surface area contributed by atoms with Crippen LogP contribution in [0.3, 0.4) is 0 Å². The maximum atomic E-state index is 14.5. The summed E-state index contributed by atoms with van der Waals surface area (Å²) in [6, 6.07) is 7.24. The van der Waals surface area contributed by atoms with Gasteiger partial charge in [0.25, 0.3) is 0 Å². The molecule has 0 bridgehead atoms. The van der Waals surface area contributed by atoms with Crippen LogP contribution < -0.4 is 5.63 Å². The summed E-state index contributed by atoms with van der Waals surface area (Å²) in [5.74, 6) is -5.02. The second-order valence-corrected chi connectivity index (χ2v) is 13.8. The number of rotatable bonds is 6. The average Bonchev–Trinajstić information content (AvgIpc) is 3.43. The summed E-state index contributed by atoms with van der Waals surface area (Å²) >= 11 is -4.74. The number of allylic oxidation sites excluding steroid dienone is 8. The van der Waals surface area contributed by atoms with Crippen LogP contribution >= 0.6 is 0 Å². The van der Waals surface area contributed by atoms with Gasteiger partial charge in [-0.1, -0.05) is 0 Å². The molecule has 0 radical (unpaired) electrons. The first kappa shape index (κ1) is 19.9. The van der Waals surface area contributed by atoms with Crippen LogP contribution in [0.2, 0.25) is 0 Å². The molecule has 0 saturated carbocycles.